The van der Waals surface area contributed by atoms with Gasteiger partial charge < -0.3 is 5.11 Å². The number of carbonyl (C=O) groups is 1. The Bertz CT molecular complexity index is 341. The van der Waals surface area contributed by atoms with E-state index in [1.54, 1.807) is 0 Å². The molecular formula is C9H17NO4S. The number of sulfonamides is 1. The van der Waals surface area contributed by atoms with E-state index in [2.05, 4.69) is 0 Å². The maximum atomic E-state index is 11.8. The molecule has 1 saturated heterocycles. The summed E-state index contributed by atoms with van der Waals surface area (Å²) in [5.41, 5.74) is 0. The van der Waals surface area contributed by atoms with Crippen LogP contribution in [-0.4, -0.2) is 42.1 Å². The van der Waals surface area contributed by atoms with Crippen molar-refractivity contribution in [1.29, 1.82) is 0 Å². The first-order valence-corrected chi connectivity index (χ1v) is 6.49. The molecule has 1 rings (SSSR count). The van der Waals surface area contributed by atoms with Gasteiger partial charge in [-0.15, -0.1) is 0 Å². The monoisotopic (exact) mass is 235 g/mol. The molecule has 1 N–H and O–H groups in total. The standard InChI is InChI=1S/C9H17NO4S/c1-6-4-10(5-7(6)2)15(13,14)8(3)9(11)12/h6-8H,4-5H2,1-3H3,(H,11,12). The Morgan fingerprint density at radius 1 is 1.33 bits per heavy atom. The summed E-state index contributed by atoms with van der Waals surface area (Å²) in [7, 11) is -3.67. The van der Waals surface area contributed by atoms with Gasteiger partial charge in [0.1, 0.15) is 0 Å². The molecule has 3 atom stereocenters. The Morgan fingerprint density at radius 2 is 1.73 bits per heavy atom. The lowest BCUT2D eigenvalue weighted by Gasteiger charge is -2.18. The van der Waals surface area contributed by atoms with Crippen LogP contribution in [0.2, 0.25) is 0 Å². The second-order valence-electron chi connectivity index (χ2n) is 4.30. The Hall–Kier alpha value is -0.620. The molecule has 0 aromatic heterocycles. The second kappa shape index (κ2) is 4.09. The number of nitrogens with zero attached hydrogens (tertiary/aromatic N) is 1. The summed E-state index contributed by atoms with van der Waals surface area (Å²) in [4.78, 5) is 10.7. The van der Waals surface area contributed by atoms with E-state index in [9.17, 15) is 13.2 Å². The van der Waals surface area contributed by atoms with Crippen molar-refractivity contribution in [2.75, 3.05) is 13.1 Å². The van der Waals surface area contributed by atoms with Crippen LogP contribution in [0.5, 0.6) is 0 Å². The Kier molecular flexibility index (Phi) is 3.40. The molecule has 1 heterocycles. The summed E-state index contributed by atoms with van der Waals surface area (Å²) < 4.78 is 24.9. The molecule has 15 heavy (non-hydrogen) atoms. The maximum absolute atomic E-state index is 11.8. The normalized spacial score (nSPS) is 30.3. The molecule has 1 fully saturated rings. The van der Waals surface area contributed by atoms with Crippen molar-refractivity contribution in [2.24, 2.45) is 11.8 Å². The van der Waals surface area contributed by atoms with Gasteiger partial charge in [0.25, 0.3) is 0 Å². The van der Waals surface area contributed by atoms with E-state index in [-0.39, 0.29) is 0 Å². The predicted octanol–water partition coefficient (Wildman–Crippen LogP) is 0.377. The molecule has 0 aromatic carbocycles. The van der Waals surface area contributed by atoms with Crippen molar-refractivity contribution < 1.29 is 18.3 Å². The van der Waals surface area contributed by atoms with Crippen LogP contribution in [0, 0.1) is 11.8 Å². The lowest BCUT2D eigenvalue weighted by atomic mass is 10.0. The van der Waals surface area contributed by atoms with Gasteiger partial charge in [-0.05, 0) is 18.8 Å². The molecule has 0 radical (unpaired) electrons. The average molecular weight is 235 g/mol. The van der Waals surface area contributed by atoms with Gasteiger partial charge in [-0.3, -0.25) is 4.79 Å². The quantitative estimate of drug-likeness (QED) is 0.767. The fourth-order valence-electron chi connectivity index (χ4n) is 1.64. The number of carboxylic acids is 1. The third-order valence-electron chi connectivity index (χ3n) is 3.11. The van der Waals surface area contributed by atoms with E-state index in [1.165, 1.54) is 11.2 Å². The van der Waals surface area contributed by atoms with Gasteiger partial charge in [0.05, 0.1) is 0 Å². The number of rotatable bonds is 3. The van der Waals surface area contributed by atoms with Crippen LogP contribution >= 0.6 is 0 Å². The summed E-state index contributed by atoms with van der Waals surface area (Å²) >= 11 is 0. The Morgan fingerprint density at radius 3 is 2.07 bits per heavy atom. The van der Waals surface area contributed by atoms with Crippen LogP contribution in [0.4, 0.5) is 0 Å². The maximum Gasteiger partial charge on any atom is 0.323 e. The van der Waals surface area contributed by atoms with Gasteiger partial charge in [-0.1, -0.05) is 13.8 Å². The topological polar surface area (TPSA) is 74.7 Å². The molecular weight excluding hydrogens is 218 g/mol. The first-order valence-electron chi connectivity index (χ1n) is 4.98. The molecule has 3 unspecified atom stereocenters. The van der Waals surface area contributed by atoms with E-state index >= 15 is 0 Å². The smallest absolute Gasteiger partial charge is 0.323 e. The van der Waals surface area contributed by atoms with Crippen LogP contribution in [0.25, 0.3) is 0 Å². The Labute approximate surface area is 90.1 Å². The zero-order chi connectivity index (χ0) is 11.8. The third-order valence-corrected chi connectivity index (χ3v) is 5.22. The van der Waals surface area contributed by atoms with E-state index in [4.69, 9.17) is 5.11 Å². The minimum atomic E-state index is -3.67. The van der Waals surface area contributed by atoms with Crippen molar-refractivity contribution in [3.63, 3.8) is 0 Å². The largest absolute Gasteiger partial charge is 0.480 e. The molecule has 0 spiro atoms. The van der Waals surface area contributed by atoms with E-state index < -0.39 is 21.2 Å². The van der Waals surface area contributed by atoms with Crippen LogP contribution in [0.1, 0.15) is 20.8 Å². The second-order valence-corrected chi connectivity index (χ2v) is 6.55. The molecule has 5 nitrogen and oxygen atoms in total. The zero-order valence-corrected chi connectivity index (χ0v) is 9.99. The fourth-order valence-corrected chi connectivity index (χ4v) is 3.22. The molecule has 0 aliphatic carbocycles. The molecule has 0 amide bonds. The molecule has 1 aliphatic heterocycles. The number of carboxylic acid groups (broad SMARTS) is 1. The average Bonchev–Trinajstić information content (AvgIpc) is 2.46. The molecule has 6 heteroatoms. The highest BCUT2D eigenvalue weighted by molar-refractivity contribution is 7.90. The number of hydrogen-bond acceptors (Lipinski definition) is 3. The fraction of sp³-hybridized carbons (Fsp3) is 0.889. The summed E-state index contributed by atoms with van der Waals surface area (Å²) in [6.07, 6.45) is 0. The van der Waals surface area contributed by atoms with Crippen molar-refractivity contribution in [1.82, 2.24) is 4.31 Å². The predicted molar refractivity (Wildman–Crippen MR) is 55.9 cm³/mol. The third kappa shape index (κ3) is 2.31. The van der Waals surface area contributed by atoms with Crippen LogP contribution in [-0.2, 0) is 14.8 Å². The van der Waals surface area contributed by atoms with Gasteiger partial charge in [0, 0.05) is 13.1 Å². The van der Waals surface area contributed by atoms with E-state index in [1.807, 2.05) is 13.8 Å². The minimum Gasteiger partial charge on any atom is -0.480 e. The first-order chi connectivity index (χ1) is 6.76. The summed E-state index contributed by atoms with van der Waals surface area (Å²) in [5.74, 6) is -0.705. The van der Waals surface area contributed by atoms with Crippen molar-refractivity contribution >= 4 is 16.0 Å². The van der Waals surface area contributed by atoms with Gasteiger partial charge in [-0.2, -0.15) is 0 Å². The molecule has 0 aromatic rings. The van der Waals surface area contributed by atoms with E-state index in [0.29, 0.717) is 24.9 Å². The minimum absolute atomic E-state index is 0.292. The van der Waals surface area contributed by atoms with Crippen LogP contribution in [0.15, 0.2) is 0 Å². The lowest BCUT2D eigenvalue weighted by molar-refractivity contribution is -0.136. The summed E-state index contributed by atoms with van der Waals surface area (Å²) in [6, 6.07) is 0. The molecule has 0 bridgehead atoms. The van der Waals surface area contributed by atoms with Gasteiger partial charge in [-0.25, -0.2) is 12.7 Å². The van der Waals surface area contributed by atoms with Gasteiger partial charge in [0.15, 0.2) is 5.25 Å². The number of aliphatic carboxylic acids is 1. The zero-order valence-electron chi connectivity index (χ0n) is 9.17. The highest BCUT2D eigenvalue weighted by Gasteiger charge is 2.39. The lowest BCUT2D eigenvalue weighted by Crippen LogP contribution is -2.40. The van der Waals surface area contributed by atoms with Crippen LogP contribution in [0.3, 0.4) is 0 Å². The van der Waals surface area contributed by atoms with E-state index in [0.717, 1.165) is 0 Å². The molecule has 0 saturated carbocycles. The SMILES string of the molecule is CC1CN(S(=O)(=O)C(C)C(=O)O)CC1C. The molecule has 88 valence electrons. The molecule has 1 aliphatic rings. The van der Waals surface area contributed by atoms with Crippen LogP contribution < -0.4 is 0 Å². The van der Waals surface area contributed by atoms with Crippen molar-refractivity contribution in [2.45, 2.75) is 26.0 Å². The Balaban J connectivity index is 2.85. The van der Waals surface area contributed by atoms with Crippen molar-refractivity contribution in [3.05, 3.63) is 0 Å². The summed E-state index contributed by atoms with van der Waals surface area (Å²) in [5, 5.41) is 7.35. The highest BCUT2D eigenvalue weighted by atomic mass is 32.2. The highest BCUT2D eigenvalue weighted by Crippen LogP contribution is 2.26. The summed E-state index contributed by atoms with van der Waals surface area (Å²) in [6.45, 7) is 6.03. The number of hydrogen-bond donors (Lipinski definition) is 1. The first kappa shape index (κ1) is 12.4. The van der Waals surface area contributed by atoms with Gasteiger partial charge in [0.2, 0.25) is 10.0 Å². The van der Waals surface area contributed by atoms with Gasteiger partial charge >= 0.3 is 5.97 Å². The van der Waals surface area contributed by atoms with Crippen molar-refractivity contribution in [3.8, 4) is 0 Å².